The SMILES string of the molecule is O=S(=O)(Cl)c1ccc2nc(I)oc2c1. The maximum absolute atomic E-state index is 11.0. The van der Waals surface area contributed by atoms with Gasteiger partial charge in [-0.15, -0.1) is 0 Å². The molecule has 7 heteroatoms. The third kappa shape index (κ3) is 1.86. The molecule has 2 rings (SSSR count). The molecular weight excluding hydrogens is 341 g/mol. The first kappa shape index (κ1) is 10.2. The molecule has 0 saturated carbocycles. The van der Waals surface area contributed by atoms with E-state index in [0.29, 0.717) is 15.0 Å². The van der Waals surface area contributed by atoms with E-state index in [2.05, 4.69) is 4.98 Å². The number of hydrogen-bond donors (Lipinski definition) is 0. The number of halogens is 2. The van der Waals surface area contributed by atoms with Crippen LogP contribution in [0.25, 0.3) is 11.1 Å². The van der Waals surface area contributed by atoms with E-state index in [9.17, 15) is 8.42 Å². The second-order valence-electron chi connectivity index (χ2n) is 2.53. The molecule has 0 N–H and O–H groups in total. The van der Waals surface area contributed by atoms with E-state index in [-0.39, 0.29) is 4.90 Å². The predicted octanol–water partition coefficient (Wildman–Crippen LogP) is 2.36. The molecule has 0 aliphatic carbocycles. The number of benzene rings is 1. The lowest BCUT2D eigenvalue weighted by Crippen LogP contribution is -1.88. The summed E-state index contributed by atoms with van der Waals surface area (Å²) in [6.45, 7) is 0. The molecule has 0 unspecified atom stereocenters. The van der Waals surface area contributed by atoms with E-state index in [4.69, 9.17) is 15.1 Å². The van der Waals surface area contributed by atoms with Crippen molar-refractivity contribution in [3.05, 3.63) is 22.1 Å². The molecule has 0 aliphatic heterocycles. The van der Waals surface area contributed by atoms with Crippen molar-refractivity contribution in [3.8, 4) is 0 Å². The third-order valence-corrected chi connectivity index (χ3v) is 3.43. The van der Waals surface area contributed by atoms with Crippen LogP contribution >= 0.6 is 33.3 Å². The van der Waals surface area contributed by atoms with Crippen molar-refractivity contribution in [2.45, 2.75) is 4.90 Å². The molecule has 14 heavy (non-hydrogen) atoms. The fourth-order valence-electron chi connectivity index (χ4n) is 1.03. The van der Waals surface area contributed by atoms with Gasteiger partial charge < -0.3 is 4.42 Å². The Hall–Kier alpha value is -0.340. The van der Waals surface area contributed by atoms with Gasteiger partial charge >= 0.3 is 0 Å². The Bertz CT molecular complexity index is 592. The molecule has 74 valence electrons. The van der Waals surface area contributed by atoms with Crippen LogP contribution in [0.5, 0.6) is 0 Å². The molecule has 0 amide bonds. The summed E-state index contributed by atoms with van der Waals surface area (Å²) >= 11 is 1.91. The number of rotatable bonds is 1. The van der Waals surface area contributed by atoms with Crippen molar-refractivity contribution in [2.75, 3.05) is 0 Å². The van der Waals surface area contributed by atoms with Crippen LogP contribution in [0.4, 0.5) is 0 Å². The minimum atomic E-state index is -3.70. The Balaban J connectivity index is 2.74. The summed E-state index contributed by atoms with van der Waals surface area (Å²) in [5, 5.41) is 0. The molecule has 0 saturated heterocycles. The van der Waals surface area contributed by atoms with Gasteiger partial charge in [0.25, 0.3) is 12.9 Å². The summed E-state index contributed by atoms with van der Waals surface area (Å²) in [5.41, 5.74) is 1.02. The standard InChI is InChI=1S/C7H3ClINO3S/c8-14(11,12)4-1-2-5-6(3-4)13-7(9)10-5/h1-3H. The van der Waals surface area contributed by atoms with Crippen molar-refractivity contribution >= 4 is 53.4 Å². The lowest BCUT2D eigenvalue weighted by Gasteiger charge is -1.93. The van der Waals surface area contributed by atoms with Crippen LogP contribution in [-0.2, 0) is 9.05 Å². The quantitative estimate of drug-likeness (QED) is 0.589. The molecule has 1 aromatic heterocycles. The van der Waals surface area contributed by atoms with E-state index < -0.39 is 9.05 Å². The Labute approximate surface area is 97.8 Å². The average molecular weight is 344 g/mol. The lowest BCUT2D eigenvalue weighted by molar-refractivity contribution is 0.565. The fourth-order valence-corrected chi connectivity index (χ4v) is 2.29. The molecule has 1 heterocycles. The van der Waals surface area contributed by atoms with E-state index in [1.807, 2.05) is 22.6 Å². The van der Waals surface area contributed by atoms with Crippen molar-refractivity contribution in [1.29, 1.82) is 0 Å². The van der Waals surface area contributed by atoms with Crippen molar-refractivity contribution in [2.24, 2.45) is 0 Å². The summed E-state index contributed by atoms with van der Waals surface area (Å²) in [7, 11) is 1.47. The zero-order valence-electron chi connectivity index (χ0n) is 6.57. The molecule has 0 radical (unpaired) electrons. The molecule has 1 aromatic carbocycles. The highest BCUT2D eigenvalue weighted by Crippen LogP contribution is 2.22. The maximum Gasteiger partial charge on any atom is 0.261 e. The van der Waals surface area contributed by atoms with E-state index in [1.165, 1.54) is 12.1 Å². The highest BCUT2D eigenvalue weighted by molar-refractivity contribution is 14.1. The van der Waals surface area contributed by atoms with Gasteiger partial charge in [0.05, 0.1) is 4.90 Å². The Kier molecular flexibility index (Phi) is 2.44. The number of aromatic nitrogens is 1. The monoisotopic (exact) mass is 343 g/mol. The Morgan fingerprint density at radius 1 is 1.43 bits per heavy atom. The van der Waals surface area contributed by atoms with Crippen molar-refractivity contribution in [3.63, 3.8) is 0 Å². The summed E-state index contributed by atoms with van der Waals surface area (Å²) in [4.78, 5) is 4.03. The first-order valence-corrected chi connectivity index (χ1v) is 6.86. The number of oxazole rings is 1. The molecular formula is C7H3ClINO3S. The van der Waals surface area contributed by atoms with E-state index >= 15 is 0 Å². The zero-order valence-corrected chi connectivity index (χ0v) is 10.3. The number of nitrogens with zero attached hydrogens (tertiary/aromatic N) is 1. The lowest BCUT2D eigenvalue weighted by atomic mass is 10.3. The minimum absolute atomic E-state index is 0.0132. The van der Waals surface area contributed by atoms with Crippen molar-refractivity contribution < 1.29 is 12.8 Å². The van der Waals surface area contributed by atoms with Crippen LogP contribution in [0, 0.1) is 3.90 Å². The average Bonchev–Trinajstić information content (AvgIpc) is 2.41. The smallest absolute Gasteiger partial charge is 0.261 e. The third-order valence-electron chi connectivity index (χ3n) is 1.62. The summed E-state index contributed by atoms with van der Waals surface area (Å²) in [5.74, 6) is 0. The van der Waals surface area contributed by atoms with Crippen LogP contribution in [-0.4, -0.2) is 13.4 Å². The van der Waals surface area contributed by atoms with Gasteiger partial charge in [0.2, 0.25) is 0 Å². The first-order chi connectivity index (χ1) is 6.47. The van der Waals surface area contributed by atoms with Gasteiger partial charge in [-0.25, -0.2) is 13.4 Å². The number of hydrogen-bond acceptors (Lipinski definition) is 4. The molecule has 0 bridgehead atoms. The summed E-state index contributed by atoms with van der Waals surface area (Å²) in [6, 6.07) is 4.30. The van der Waals surface area contributed by atoms with Crippen LogP contribution < -0.4 is 0 Å². The van der Waals surface area contributed by atoms with Gasteiger partial charge in [0, 0.05) is 39.3 Å². The fraction of sp³-hybridized carbons (Fsp3) is 0. The summed E-state index contributed by atoms with van der Waals surface area (Å²) in [6.07, 6.45) is 0. The Morgan fingerprint density at radius 2 is 2.14 bits per heavy atom. The van der Waals surface area contributed by atoms with Gasteiger partial charge in [-0.1, -0.05) is 0 Å². The minimum Gasteiger partial charge on any atom is -0.432 e. The normalized spacial score (nSPS) is 12.1. The second kappa shape index (κ2) is 3.35. The molecule has 0 aliphatic rings. The highest BCUT2D eigenvalue weighted by Gasteiger charge is 2.12. The first-order valence-electron chi connectivity index (χ1n) is 3.47. The van der Waals surface area contributed by atoms with Gasteiger partial charge in [-0.2, -0.15) is 0 Å². The molecule has 2 aromatic rings. The van der Waals surface area contributed by atoms with E-state index in [0.717, 1.165) is 0 Å². The highest BCUT2D eigenvalue weighted by atomic mass is 127. The maximum atomic E-state index is 11.0. The molecule has 0 spiro atoms. The van der Waals surface area contributed by atoms with Crippen LogP contribution in [0.1, 0.15) is 0 Å². The van der Waals surface area contributed by atoms with Gasteiger partial charge in [-0.3, -0.25) is 0 Å². The molecule has 4 nitrogen and oxygen atoms in total. The van der Waals surface area contributed by atoms with Crippen LogP contribution in [0.15, 0.2) is 27.5 Å². The second-order valence-corrected chi connectivity index (χ2v) is 6.02. The topological polar surface area (TPSA) is 60.2 Å². The van der Waals surface area contributed by atoms with E-state index in [1.54, 1.807) is 6.07 Å². The van der Waals surface area contributed by atoms with Crippen LogP contribution in [0.2, 0.25) is 0 Å². The predicted molar refractivity (Wildman–Crippen MR) is 59.8 cm³/mol. The van der Waals surface area contributed by atoms with Crippen LogP contribution in [0.3, 0.4) is 0 Å². The largest absolute Gasteiger partial charge is 0.432 e. The van der Waals surface area contributed by atoms with Gasteiger partial charge in [-0.05, 0) is 12.1 Å². The van der Waals surface area contributed by atoms with Gasteiger partial charge in [0.15, 0.2) is 5.58 Å². The van der Waals surface area contributed by atoms with Gasteiger partial charge in [0.1, 0.15) is 5.52 Å². The van der Waals surface area contributed by atoms with Crippen molar-refractivity contribution in [1.82, 2.24) is 4.98 Å². The molecule has 0 fully saturated rings. The zero-order chi connectivity index (χ0) is 10.3. The summed E-state index contributed by atoms with van der Waals surface area (Å²) < 4.78 is 27.6. The molecule has 0 atom stereocenters. The number of fused-ring (bicyclic) bond motifs is 1. The Morgan fingerprint density at radius 3 is 2.79 bits per heavy atom.